The number of likely N-dealkylation sites (tertiary alicyclic amines) is 1. The maximum Gasteiger partial charge on any atom is 0.244 e. The SMILES string of the molecule is Cc1ccc(C(N)C(=O)N2CC(C)CC2C)cc1. The van der Waals surface area contributed by atoms with Crippen LogP contribution in [0.1, 0.15) is 37.4 Å². The fraction of sp³-hybridized carbons (Fsp3) is 0.533. The van der Waals surface area contributed by atoms with E-state index in [1.807, 2.05) is 36.1 Å². The molecule has 2 rings (SSSR count). The molecule has 1 saturated heterocycles. The molecule has 1 fully saturated rings. The summed E-state index contributed by atoms with van der Waals surface area (Å²) >= 11 is 0. The van der Waals surface area contributed by atoms with Crippen LogP contribution in [0, 0.1) is 12.8 Å². The van der Waals surface area contributed by atoms with Crippen LogP contribution in [0.4, 0.5) is 0 Å². The minimum Gasteiger partial charge on any atom is -0.338 e. The predicted octanol–water partition coefficient (Wildman–Crippen LogP) is 2.25. The summed E-state index contributed by atoms with van der Waals surface area (Å²) < 4.78 is 0. The van der Waals surface area contributed by atoms with Crippen molar-refractivity contribution >= 4 is 5.91 Å². The van der Waals surface area contributed by atoms with Gasteiger partial charge in [-0.15, -0.1) is 0 Å². The van der Waals surface area contributed by atoms with Gasteiger partial charge in [0.05, 0.1) is 0 Å². The van der Waals surface area contributed by atoms with Gasteiger partial charge in [0.25, 0.3) is 0 Å². The topological polar surface area (TPSA) is 46.3 Å². The van der Waals surface area contributed by atoms with Crippen molar-refractivity contribution in [3.05, 3.63) is 35.4 Å². The first-order valence-corrected chi connectivity index (χ1v) is 6.61. The van der Waals surface area contributed by atoms with E-state index in [0.29, 0.717) is 12.0 Å². The van der Waals surface area contributed by atoms with Crippen molar-refractivity contribution in [3.63, 3.8) is 0 Å². The van der Waals surface area contributed by atoms with Crippen molar-refractivity contribution in [2.24, 2.45) is 11.7 Å². The zero-order chi connectivity index (χ0) is 13.3. The van der Waals surface area contributed by atoms with Crippen LogP contribution in [0.15, 0.2) is 24.3 Å². The first-order chi connectivity index (χ1) is 8.49. The summed E-state index contributed by atoms with van der Waals surface area (Å²) in [5, 5.41) is 0. The van der Waals surface area contributed by atoms with E-state index in [4.69, 9.17) is 5.73 Å². The first kappa shape index (κ1) is 13.1. The molecule has 0 aliphatic carbocycles. The van der Waals surface area contributed by atoms with Gasteiger partial charge in [-0.1, -0.05) is 36.8 Å². The second-order valence-corrected chi connectivity index (χ2v) is 5.57. The van der Waals surface area contributed by atoms with Gasteiger partial charge in [-0.2, -0.15) is 0 Å². The molecule has 1 aromatic carbocycles. The molecule has 98 valence electrons. The van der Waals surface area contributed by atoms with Crippen LogP contribution < -0.4 is 5.73 Å². The summed E-state index contributed by atoms with van der Waals surface area (Å²) in [6, 6.07) is 7.67. The number of aryl methyl sites for hydroxylation is 1. The van der Waals surface area contributed by atoms with Crippen LogP contribution in [-0.4, -0.2) is 23.4 Å². The van der Waals surface area contributed by atoms with E-state index in [9.17, 15) is 4.79 Å². The number of nitrogens with two attached hydrogens (primary N) is 1. The lowest BCUT2D eigenvalue weighted by atomic mass is 10.0. The number of amides is 1. The van der Waals surface area contributed by atoms with Crippen LogP contribution in [0.5, 0.6) is 0 Å². The molecule has 0 bridgehead atoms. The third-order valence-electron chi connectivity index (χ3n) is 3.77. The van der Waals surface area contributed by atoms with E-state index in [2.05, 4.69) is 13.8 Å². The number of nitrogens with zero attached hydrogens (tertiary/aromatic N) is 1. The molecule has 3 nitrogen and oxygen atoms in total. The molecule has 1 amide bonds. The first-order valence-electron chi connectivity index (χ1n) is 6.61. The van der Waals surface area contributed by atoms with Gasteiger partial charge in [0, 0.05) is 12.6 Å². The number of carbonyl (C=O) groups is 1. The second-order valence-electron chi connectivity index (χ2n) is 5.57. The summed E-state index contributed by atoms with van der Waals surface area (Å²) in [7, 11) is 0. The van der Waals surface area contributed by atoms with Gasteiger partial charge < -0.3 is 10.6 Å². The molecule has 2 N–H and O–H groups in total. The van der Waals surface area contributed by atoms with E-state index in [0.717, 1.165) is 18.5 Å². The Kier molecular flexibility index (Phi) is 3.71. The lowest BCUT2D eigenvalue weighted by Crippen LogP contribution is -2.40. The van der Waals surface area contributed by atoms with Crippen LogP contribution in [0.2, 0.25) is 0 Å². The molecular formula is C15H22N2O. The third kappa shape index (κ3) is 2.56. The fourth-order valence-corrected chi connectivity index (χ4v) is 2.70. The number of hydrogen-bond acceptors (Lipinski definition) is 2. The zero-order valence-electron chi connectivity index (χ0n) is 11.4. The number of rotatable bonds is 2. The molecule has 0 radical (unpaired) electrons. The van der Waals surface area contributed by atoms with Crippen LogP contribution in [0.25, 0.3) is 0 Å². The lowest BCUT2D eigenvalue weighted by molar-refractivity contribution is -0.133. The smallest absolute Gasteiger partial charge is 0.244 e. The monoisotopic (exact) mass is 246 g/mol. The maximum absolute atomic E-state index is 12.4. The Morgan fingerprint density at radius 1 is 1.33 bits per heavy atom. The molecule has 0 aromatic heterocycles. The molecule has 0 saturated carbocycles. The molecule has 3 unspecified atom stereocenters. The Bertz CT molecular complexity index is 427. The molecule has 18 heavy (non-hydrogen) atoms. The molecule has 1 aliphatic heterocycles. The lowest BCUT2D eigenvalue weighted by Gasteiger charge is -2.25. The van der Waals surface area contributed by atoms with Gasteiger partial charge in [-0.25, -0.2) is 0 Å². The standard InChI is InChI=1S/C15H22N2O/c1-10-4-6-13(7-5-10)14(16)15(18)17-9-11(2)8-12(17)3/h4-7,11-12,14H,8-9,16H2,1-3H3. The average molecular weight is 246 g/mol. The van der Waals surface area contributed by atoms with Crippen molar-refractivity contribution in [1.29, 1.82) is 0 Å². The zero-order valence-corrected chi connectivity index (χ0v) is 11.4. The van der Waals surface area contributed by atoms with Gasteiger partial charge in [0.15, 0.2) is 0 Å². The Labute approximate surface area is 109 Å². The molecule has 3 atom stereocenters. The minimum absolute atomic E-state index is 0.0516. The van der Waals surface area contributed by atoms with Crippen molar-refractivity contribution in [1.82, 2.24) is 4.90 Å². The highest BCUT2D eigenvalue weighted by molar-refractivity contribution is 5.83. The van der Waals surface area contributed by atoms with E-state index >= 15 is 0 Å². The highest BCUT2D eigenvalue weighted by Crippen LogP contribution is 2.25. The average Bonchev–Trinajstić information content (AvgIpc) is 2.67. The Morgan fingerprint density at radius 2 is 1.94 bits per heavy atom. The normalized spacial score (nSPS) is 25.2. The fourth-order valence-electron chi connectivity index (χ4n) is 2.70. The van der Waals surface area contributed by atoms with Crippen LogP contribution in [-0.2, 0) is 4.79 Å². The molecule has 3 heteroatoms. The largest absolute Gasteiger partial charge is 0.338 e. The van der Waals surface area contributed by atoms with Crippen molar-refractivity contribution < 1.29 is 4.79 Å². The van der Waals surface area contributed by atoms with Gasteiger partial charge in [-0.05, 0) is 31.7 Å². The number of carbonyl (C=O) groups excluding carboxylic acids is 1. The van der Waals surface area contributed by atoms with E-state index < -0.39 is 6.04 Å². The third-order valence-corrected chi connectivity index (χ3v) is 3.77. The Balaban J connectivity index is 2.11. The van der Waals surface area contributed by atoms with Gasteiger partial charge in [0.1, 0.15) is 6.04 Å². The van der Waals surface area contributed by atoms with Crippen molar-refractivity contribution in [2.45, 2.75) is 39.3 Å². The molecule has 1 aromatic rings. The quantitative estimate of drug-likeness (QED) is 0.870. The highest BCUT2D eigenvalue weighted by Gasteiger charge is 2.32. The number of hydrogen-bond donors (Lipinski definition) is 1. The summed E-state index contributed by atoms with van der Waals surface area (Å²) in [6.45, 7) is 7.14. The van der Waals surface area contributed by atoms with Crippen molar-refractivity contribution in [3.8, 4) is 0 Å². The highest BCUT2D eigenvalue weighted by atomic mass is 16.2. The second kappa shape index (κ2) is 5.11. The Hall–Kier alpha value is -1.35. The maximum atomic E-state index is 12.4. The summed E-state index contributed by atoms with van der Waals surface area (Å²) in [5.41, 5.74) is 8.17. The van der Waals surface area contributed by atoms with Crippen LogP contribution in [0.3, 0.4) is 0 Å². The van der Waals surface area contributed by atoms with E-state index in [-0.39, 0.29) is 5.91 Å². The van der Waals surface area contributed by atoms with Gasteiger partial charge >= 0.3 is 0 Å². The number of benzene rings is 1. The van der Waals surface area contributed by atoms with Crippen molar-refractivity contribution in [2.75, 3.05) is 6.54 Å². The molecular weight excluding hydrogens is 224 g/mol. The van der Waals surface area contributed by atoms with Gasteiger partial charge in [0.2, 0.25) is 5.91 Å². The predicted molar refractivity (Wildman–Crippen MR) is 73.1 cm³/mol. The van der Waals surface area contributed by atoms with E-state index in [1.165, 1.54) is 5.56 Å². The Morgan fingerprint density at radius 3 is 2.44 bits per heavy atom. The van der Waals surface area contributed by atoms with E-state index in [1.54, 1.807) is 0 Å². The van der Waals surface area contributed by atoms with Gasteiger partial charge in [-0.3, -0.25) is 4.79 Å². The van der Waals surface area contributed by atoms with Crippen LogP contribution >= 0.6 is 0 Å². The summed E-state index contributed by atoms with van der Waals surface area (Å²) in [4.78, 5) is 14.3. The minimum atomic E-state index is -0.529. The molecule has 1 aliphatic rings. The summed E-state index contributed by atoms with van der Waals surface area (Å²) in [6.07, 6.45) is 1.08. The molecule has 0 spiro atoms. The molecule has 1 heterocycles. The summed E-state index contributed by atoms with van der Waals surface area (Å²) in [5.74, 6) is 0.630.